The molecule has 1 heterocycles. The molecule has 1 aliphatic heterocycles. The van der Waals surface area contributed by atoms with Crippen molar-refractivity contribution in [3.63, 3.8) is 0 Å². The fourth-order valence-corrected chi connectivity index (χ4v) is 3.24. The summed E-state index contributed by atoms with van der Waals surface area (Å²) in [5.74, 6) is -0.422. The molecule has 0 bridgehead atoms. The van der Waals surface area contributed by atoms with Crippen molar-refractivity contribution in [3.8, 4) is 17.6 Å². The van der Waals surface area contributed by atoms with E-state index in [1.807, 2.05) is 6.07 Å². The van der Waals surface area contributed by atoms with Crippen LogP contribution in [0.1, 0.15) is 19.4 Å². The smallest absolute Gasteiger partial charge is 0.329 e. The number of esters is 1. The predicted octanol–water partition coefficient (Wildman–Crippen LogP) is 2.59. The molecule has 1 atom stereocenters. The van der Waals surface area contributed by atoms with Crippen LogP contribution in [0.5, 0.6) is 11.5 Å². The lowest BCUT2D eigenvalue weighted by molar-refractivity contribution is -0.150. The van der Waals surface area contributed by atoms with Crippen LogP contribution in [0.3, 0.4) is 0 Å². The van der Waals surface area contributed by atoms with E-state index in [1.54, 1.807) is 25.1 Å². The predicted molar refractivity (Wildman–Crippen MR) is 98.0 cm³/mol. The van der Waals surface area contributed by atoms with Crippen molar-refractivity contribution in [3.05, 3.63) is 28.7 Å². The molecule has 1 saturated heterocycles. The maximum absolute atomic E-state index is 12.5. The molecule has 0 radical (unpaired) electrons. The molecular formula is C18H18N2O6S. The number of hydrogen-bond donors (Lipinski definition) is 0. The maximum atomic E-state index is 12.5. The summed E-state index contributed by atoms with van der Waals surface area (Å²) < 4.78 is 15.3. The second-order valence-electron chi connectivity index (χ2n) is 5.34. The second-order valence-corrected chi connectivity index (χ2v) is 6.33. The Labute approximate surface area is 160 Å². The average Bonchev–Trinajstić information content (AvgIpc) is 2.93. The van der Waals surface area contributed by atoms with Crippen molar-refractivity contribution < 1.29 is 28.6 Å². The first kappa shape index (κ1) is 20.3. The minimum atomic E-state index is -1.00. The topological polar surface area (TPSA) is 106 Å². The van der Waals surface area contributed by atoms with Crippen LogP contribution in [-0.2, 0) is 14.3 Å². The highest BCUT2D eigenvalue weighted by atomic mass is 32.2. The van der Waals surface area contributed by atoms with E-state index in [1.165, 1.54) is 20.1 Å². The van der Waals surface area contributed by atoms with E-state index in [4.69, 9.17) is 19.5 Å². The quantitative estimate of drug-likeness (QED) is 0.517. The number of ether oxygens (including phenoxy) is 3. The van der Waals surface area contributed by atoms with Gasteiger partial charge >= 0.3 is 5.97 Å². The molecule has 0 saturated carbocycles. The maximum Gasteiger partial charge on any atom is 0.329 e. The van der Waals surface area contributed by atoms with Crippen LogP contribution in [0.4, 0.5) is 4.79 Å². The Balaban J connectivity index is 2.25. The monoisotopic (exact) mass is 390 g/mol. The zero-order valence-electron chi connectivity index (χ0n) is 15.1. The molecule has 142 valence electrons. The Hall–Kier alpha value is -2.99. The number of carbonyl (C=O) groups is 3. The van der Waals surface area contributed by atoms with E-state index < -0.39 is 23.2 Å². The highest BCUT2D eigenvalue weighted by Crippen LogP contribution is 2.35. The van der Waals surface area contributed by atoms with E-state index in [0.29, 0.717) is 17.1 Å². The van der Waals surface area contributed by atoms with Crippen molar-refractivity contribution in [2.45, 2.75) is 19.9 Å². The van der Waals surface area contributed by atoms with Gasteiger partial charge in [0.2, 0.25) is 0 Å². The molecule has 0 aliphatic carbocycles. The molecule has 1 aromatic rings. The van der Waals surface area contributed by atoms with Gasteiger partial charge in [-0.15, -0.1) is 0 Å². The lowest BCUT2D eigenvalue weighted by Gasteiger charge is -2.19. The number of rotatable bonds is 7. The van der Waals surface area contributed by atoms with Gasteiger partial charge in [0.05, 0.1) is 18.6 Å². The third-order valence-corrected chi connectivity index (χ3v) is 4.50. The molecule has 27 heavy (non-hydrogen) atoms. The summed E-state index contributed by atoms with van der Waals surface area (Å²) >= 11 is 0.748. The van der Waals surface area contributed by atoms with Crippen LogP contribution in [0, 0.1) is 11.3 Å². The number of carbonyl (C=O) groups excluding carboxylic acids is 3. The van der Waals surface area contributed by atoms with E-state index in [0.717, 1.165) is 16.7 Å². The minimum absolute atomic E-state index is 0.125. The summed E-state index contributed by atoms with van der Waals surface area (Å²) in [7, 11) is 1.45. The molecule has 0 N–H and O–H groups in total. The van der Waals surface area contributed by atoms with Gasteiger partial charge in [0, 0.05) is 0 Å². The second kappa shape index (κ2) is 9.09. The first-order valence-corrected chi connectivity index (χ1v) is 8.86. The number of nitrogens with zero attached hydrogens (tertiary/aromatic N) is 2. The molecule has 1 aromatic carbocycles. The van der Waals surface area contributed by atoms with Crippen LogP contribution in [0.15, 0.2) is 23.1 Å². The summed E-state index contributed by atoms with van der Waals surface area (Å²) in [5.41, 5.74) is 0.602. The van der Waals surface area contributed by atoms with Gasteiger partial charge in [-0.3, -0.25) is 14.5 Å². The minimum Gasteiger partial charge on any atom is -0.493 e. The number of imide groups is 1. The Morgan fingerprint density at radius 1 is 1.37 bits per heavy atom. The van der Waals surface area contributed by atoms with Crippen molar-refractivity contribution in [2.24, 2.45) is 0 Å². The normalized spacial score (nSPS) is 16.2. The lowest BCUT2D eigenvalue weighted by Crippen LogP contribution is -2.42. The molecule has 1 fully saturated rings. The van der Waals surface area contributed by atoms with Gasteiger partial charge in [0.1, 0.15) is 12.1 Å². The molecule has 2 rings (SSSR count). The molecule has 9 heteroatoms. The van der Waals surface area contributed by atoms with Gasteiger partial charge in [0.25, 0.3) is 11.1 Å². The number of nitriles is 1. The molecule has 0 unspecified atom stereocenters. The van der Waals surface area contributed by atoms with Gasteiger partial charge < -0.3 is 14.2 Å². The molecule has 1 aliphatic rings. The summed E-state index contributed by atoms with van der Waals surface area (Å²) in [6.45, 7) is 3.13. The third-order valence-electron chi connectivity index (χ3n) is 3.62. The van der Waals surface area contributed by atoms with E-state index in [-0.39, 0.29) is 18.1 Å². The summed E-state index contributed by atoms with van der Waals surface area (Å²) in [6, 6.07) is 5.76. The average molecular weight is 390 g/mol. The molecular weight excluding hydrogens is 372 g/mol. The fraction of sp³-hybridized carbons (Fsp3) is 0.333. The van der Waals surface area contributed by atoms with Gasteiger partial charge in [-0.25, -0.2) is 4.79 Å². The number of thioether (sulfide) groups is 1. The first-order chi connectivity index (χ1) is 12.9. The Morgan fingerprint density at radius 3 is 2.74 bits per heavy atom. The highest BCUT2D eigenvalue weighted by Gasteiger charge is 2.41. The van der Waals surface area contributed by atoms with Gasteiger partial charge in [-0.05, 0) is 49.4 Å². The fourth-order valence-electron chi connectivity index (χ4n) is 2.34. The van der Waals surface area contributed by atoms with Crippen molar-refractivity contribution in [1.29, 1.82) is 5.26 Å². The molecule has 2 amide bonds. The summed E-state index contributed by atoms with van der Waals surface area (Å²) in [6.07, 6.45) is 1.53. The number of methoxy groups -OCH3 is 1. The molecule has 0 spiro atoms. The zero-order valence-corrected chi connectivity index (χ0v) is 15.9. The van der Waals surface area contributed by atoms with Crippen LogP contribution in [0.2, 0.25) is 0 Å². The van der Waals surface area contributed by atoms with Crippen LogP contribution < -0.4 is 9.47 Å². The standard InChI is InChI=1S/C18H18N2O6S/c1-4-25-17(22)11(2)20-16(21)15(27-18(20)23)10-12-5-6-13(26-8-7-19)14(9-12)24-3/h5-6,9-11H,4,8H2,1-3H3/b15-10+/t11-/m0/s1. The van der Waals surface area contributed by atoms with Crippen molar-refractivity contribution in [1.82, 2.24) is 4.90 Å². The van der Waals surface area contributed by atoms with Gasteiger partial charge in [0.15, 0.2) is 18.1 Å². The first-order valence-electron chi connectivity index (χ1n) is 8.04. The van der Waals surface area contributed by atoms with Gasteiger partial charge in [-0.2, -0.15) is 5.26 Å². The Bertz CT molecular complexity index is 830. The zero-order chi connectivity index (χ0) is 20.0. The van der Waals surface area contributed by atoms with Crippen LogP contribution in [-0.4, -0.2) is 48.4 Å². The van der Waals surface area contributed by atoms with E-state index in [9.17, 15) is 14.4 Å². The molecule has 8 nitrogen and oxygen atoms in total. The van der Waals surface area contributed by atoms with Gasteiger partial charge in [-0.1, -0.05) is 6.07 Å². The van der Waals surface area contributed by atoms with Crippen LogP contribution >= 0.6 is 11.8 Å². The van der Waals surface area contributed by atoms with E-state index >= 15 is 0 Å². The third kappa shape index (κ3) is 4.60. The van der Waals surface area contributed by atoms with Crippen LogP contribution in [0.25, 0.3) is 6.08 Å². The number of benzene rings is 1. The van der Waals surface area contributed by atoms with Crippen molar-refractivity contribution >= 4 is 35.0 Å². The number of amides is 2. The SMILES string of the molecule is CCOC(=O)[C@H](C)N1C(=O)S/C(=C/c2ccc(OCC#N)c(OC)c2)C1=O. The summed E-state index contributed by atoms with van der Waals surface area (Å²) in [5, 5.41) is 8.06. The number of hydrogen-bond acceptors (Lipinski definition) is 8. The van der Waals surface area contributed by atoms with Crippen molar-refractivity contribution in [2.75, 3.05) is 20.3 Å². The lowest BCUT2D eigenvalue weighted by atomic mass is 10.1. The van der Waals surface area contributed by atoms with E-state index in [2.05, 4.69) is 0 Å². The Kier molecular flexibility index (Phi) is 6.85. The largest absolute Gasteiger partial charge is 0.493 e. The highest BCUT2D eigenvalue weighted by molar-refractivity contribution is 8.18. The molecule has 0 aromatic heterocycles. The summed E-state index contributed by atoms with van der Waals surface area (Å²) in [4.78, 5) is 37.6. The Morgan fingerprint density at radius 2 is 2.11 bits per heavy atom.